The maximum atomic E-state index is 5.51. The first-order valence-electron chi connectivity index (χ1n) is 6.39. The van der Waals surface area contributed by atoms with E-state index >= 15 is 0 Å². The highest BCUT2D eigenvalue weighted by Gasteiger charge is 2.28. The van der Waals surface area contributed by atoms with Crippen molar-refractivity contribution in [2.75, 3.05) is 10.7 Å². The number of aromatic nitrogens is 2. The van der Waals surface area contributed by atoms with Crippen molar-refractivity contribution < 1.29 is 4.42 Å². The van der Waals surface area contributed by atoms with Gasteiger partial charge in [0.2, 0.25) is 0 Å². The van der Waals surface area contributed by atoms with Crippen LogP contribution in [0.25, 0.3) is 0 Å². The van der Waals surface area contributed by atoms with Gasteiger partial charge in [-0.05, 0) is 31.9 Å². The Labute approximate surface area is 111 Å². The van der Waals surface area contributed by atoms with E-state index in [-0.39, 0.29) is 0 Å². The Hall–Kier alpha value is -2.08. The van der Waals surface area contributed by atoms with Crippen LogP contribution >= 0.6 is 0 Å². The van der Waals surface area contributed by atoms with Crippen molar-refractivity contribution >= 4 is 11.6 Å². The summed E-state index contributed by atoms with van der Waals surface area (Å²) in [7, 11) is 0. The van der Waals surface area contributed by atoms with E-state index in [4.69, 9.17) is 10.3 Å². The Balaban J connectivity index is 1.83. The van der Waals surface area contributed by atoms with Crippen LogP contribution in [-0.2, 0) is 6.54 Å². The first-order valence-corrected chi connectivity index (χ1v) is 6.39. The normalized spacial score (nSPS) is 14.4. The number of nitrogens with one attached hydrogen (secondary N) is 2. The van der Waals surface area contributed by atoms with E-state index in [1.54, 1.807) is 6.26 Å². The highest BCUT2D eigenvalue weighted by Crippen LogP contribution is 2.39. The summed E-state index contributed by atoms with van der Waals surface area (Å²) in [5, 5.41) is 3.27. The highest BCUT2D eigenvalue weighted by atomic mass is 16.3. The molecule has 0 spiro atoms. The lowest BCUT2D eigenvalue weighted by atomic mass is 10.2. The topological polar surface area (TPSA) is 89.0 Å². The third-order valence-electron chi connectivity index (χ3n) is 3.25. The zero-order chi connectivity index (χ0) is 13.2. The summed E-state index contributed by atoms with van der Waals surface area (Å²) in [4.78, 5) is 9.03. The van der Waals surface area contributed by atoms with Crippen molar-refractivity contribution in [3.63, 3.8) is 0 Å². The van der Waals surface area contributed by atoms with E-state index in [0.717, 1.165) is 35.8 Å². The number of hydrogen-bond acceptors (Lipinski definition) is 6. The van der Waals surface area contributed by atoms with Gasteiger partial charge in [0.15, 0.2) is 0 Å². The number of nitrogens with two attached hydrogens (primary N) is 1. The minimum atomic E-state index is 0.483. The molecule has 0 unspecified atom stereocenters. The molecule has 2 heterocycles. The van der Waals surface area contributed by atoms with E-state index in [9.17, 15) is 0 Å². The summed E-state index contributed by atoms with van der Waals surface area (Å²) < 4.78 is 5.30. The molecule has 1 aliphatic carbocycles. The fourth-order valence-electron chi connectivity index (χ4n) is 1.95. The van der Waals surface area contributed by atoms with Crippen LogP contribution in [0.5, 0.6) is 0 Å². The Morgan fingerprint density at radius 2 is 2.16 bits per heavy atom. The molecule has 2 aromatic rings. The average molecular weight is 259 g/mol. The second kappa shape index (κ2) is 4.89. The third kappa shape index (κ3) is 2.53. The first-order chi connectivity index (χ1) is 9.28. The Kier molecular flexibility index (Phi) is 3.08. The summed E-state index contributed by atoms with van der Waals surface area (Å²) >= 11 is 0. The number of nitrogens with zero attached hydrogens (tertiary/aromatic N) is 2. The molecule has 0 saturated heterocycles. The molecule has 0 atom stereocenters. The molecular weight excluding hydrogens is 242 g/mol. The van der Waals surface area contributed by atoms with Crippen LogP contribution < -0.4 is 16.6 Å². The Morgan fingerprint density at radius 1 is 1.37 bits per heavy atom. The van der Waals surface area contributed by atoms with E-state index in [1.165, 1.54) is 0 Å². The summed E-state index contributed by atoms with van der Waals surface area (Å²) in [6.45, 7) is 2.54. The zero-order valence-electron chi connectivity index (χ0n) is 10.8. The molecule has 0 radical (unpaired) electrons. The lowest BCUT2D eigenvalue weighted by Gasteiger charge is -2.12. The molecule has 0 aromatic carbocycles. The molecule has 19 heavy (non-hydrogen) atoms. The van der Waals surface area contributed by atoms with Gasteiger partial charge in [-0.25, -0.2) is 15.8 Å². The SMILES string of the molecule is Cc1c(NN)nc(C2CC2)nc1NCc1ccco1. The minimum absolute atomic E-state index is 0.483. The molecule has 6 heteroatoms. The molecule has 1 fully saturated rings. The molecule has 0 bridgehead atoms. The highest BCUT2D eigenvalue weighted by molar-refractivity contribution is 5.57. The number of hydrazine groups is 1. The van der Waals surface area contributed by atoms with Crippen molar-refractivity contribution in [3.05, 3.63) is 35.5 Å². The van der Waals surface area contributed by atoms with E-state index in [1.807, 2.05) is 19.1 Å². The molecule has 2 aromatic heterocycles. The fraction of sp³-hybridized carbons (Fsp3) is 0.385. The van der Waals surface area contributed by atoms with Gasteiger partial charge in [-0.15, -0.1) is 0 Å². The van der Waals surface area contributed by atoms with Crippen molar-refractivity contribution in [1.29, 1.82) is 0 Å². The van der Waals surface area contributed by atoms with Crippen LogP contribution in [-0.4, -0.2) is 9.97 Å². The molecule has 100 valence electrons. The van der Waals surface area contributed by atoms with E-state index in [0.29, 0.717) is 18.3 Å². The van der Waals surface area contributed by atoms with Crippen molar-refractivity contribution in [1.82, 2.24) is 9.97 Å². The number of hydrogen-bond donors (Lipinski definition) is 3. The van der Waals surface area contributed by atoms with E-state index < -0.39 is 0 Å². The first kappa shape index (κ1) is 12.0. The molecule has 1 aliphatic rings. The monoisotopic (exact) mass is 259 g/mol. The maximum absolute atomic E-state index is 5.51. The number of furan rings is 1. The van der Waals surface area contributed by atoms with Crippen molar-refractivity contribution in [2.24, 2.45) is 5.84 Å². The van der Waals surface area contributed by atoms with Crippen LogP contribution in [0, 0.1) is 6.92 Å². The minimum Gasteiger partial charge on any atom is -0.467 e. The van der Waals surface area contributed by atoms with Crippen LogP contribution in [0.1, 0.15) is 35.9 Å². The van der Waals surface area contributed by atoms with Gasteiger partial charge in [0.1, 0.15) is 23.2 Å². The molecule has 0 amide bonds. The van der Waals surface area contributed by atoms with Gasteiger partial charge in [0.25, 0.3) is 0 Å². The Bertz CT molecular complexity index is 563. The Morgan fingerprint density at radius 3 is 2.79 bits per heavy atom. The largest absolute Gasteiger partial charge is 0.467 e. The molecule has 6 nitrogen and oxygen atoms in total. The average Bonchev–Trinajstić information content (AvgIpc) is 3.14. The van der Waals surface area contributed by atoms with Crippen LogP contribution in [0.15, 0.2) is 22.8 Å². The van der Waals surface area contributed by atoms with Gasteiger partial charge in [-0.1, -0.05) is 0 Å². The molecule has 3 rings (SSSR count). The smallest absolute Gasteiger partial charge is 0.148 e. The van der Waals surface area contributed by atoms with Crippen LogP contribution in [0.4, 0.5) is 11.6 Å². The predicted octanol–water partition coefficient (Wildman–Crippen LogP) is 2.15. The van der Waals surface area contributed by atoms with Crippen molar-refractivity contribution in [2.45, 2.75) is 32.2 Å². The van der Waals surface area contributed by atoms with Crippen LogP contribution in [0.2, 0.25) is 0 Å². The maximum Gasteiger partial charge on any atom is 0.148 e. The molecular formula is C13H17N5O. The van der Waals surface area contributed by atoms with Gasteiger partial charge < -0.3 is 15.2 Å². The summed E-state index contributed by atoms with van der Waals surface area (Å²) in [5.41, 5.74) is 3.55. The lowest BCUT2D eigenvalue weighted by molar-refractivity contribution is 0.517. The van der Waals surface area contributed by atoms with Crippen molar-refractivity contribution in [3.8, 4) is 0 Å². The predicted molar refractivity (Wildman–Crippen MR) is 72.6 cm³/mol. The molecule has 0 aliphatic heterocycles. The molecule has 4 N–H and O–H groups in total. The summed E-state index contributed by atoms with van der Waals surface area (Å²) in [6, 6.07) is 3.79. The fourth-order valence-corrected chi connectivity index (χ4v) is 1.95. The lowest BCUT2D eigenvalue weighted by Crippen LogP contribution is -2.14. The second-order valence-corrected chi connectivity index (χ2v) is 4.76. The standard InChI is InChI=1S/C13H17N5O/c1-8-11(15-7-10-3-2-6-19-10)16-13(9-4-5-9)17-12(8)18-14/h2-3,6,9H,4-5,7,14H2,1H3,(H2,15,16,17,18). The number of rotatable bonds is 5. The summed E-state index contributed by atoms with van der Waals surface area (Å²) in [6.07, 6.45) is 3.97. The number of anilines is 2. The third-order valence-corrected chi connectivity index (χ3v) is 3.25. The molecule has 1 saturated carbocycles. The van der Waals surface area contributed by atoms with Crippen LogP contribution in [0.3, 0.4) is 0 Å². The zero-order valence-corrected chi connectivity index (χ0v) is 10.8. The van der Waals surface area contributed by atoms with Gasteiger partial charge >= 0.3 is 0 Å². The second-order valence-electron chi connectivity index (χ2n) is 4.76. The van der Waals surface area contributed by atoms with E-state index in [2.05, 4.69) is 20.7 Å². The van der Waals surface area contributed by atoms with Gasteiger partial charge in [-0.3, -0.25) is 0 Å². The quantitative estimate of drug-likeness (QED) is 0.563. The number of nitrogen functional groups attached to an aromatic ring is 1. The summed E-state index contributed by atoms with van der Waals surface area (Å²) in [5.74, 6) is 9.21. The van der Waals surface area contributed by atoms with Gasteiger partial charge in [0.05, 0.1) is 12.8 Å². The van der Waals surface area contributed by atoms with Gasteiger partial charge in [0, 0.05) is 11.5 Å². The van der Waals surface area contributed by atoms with Gasteiger partial charge in [-0.2, -0.15) is 0 Å².